The van der Waals surface area contributed by atoms with Crippen molar-refractivity contribution in [2.24, 2.45) is 0 Å². The van der Waals surface area contributed by atoms with Gasteiger partial charge in [-0.1, -0.05) is 55.5 Å². The van der Waals surface area contributed by atoms with E-state index < -0.39 is 0 Å². The molecule has 19 heavy (non-hydrogen) atoms. The molecular weight excluding hydrogens is 230 g/mol. The second-order valence-corrected chi connectivity index (χ2v) is 5.36. The molecule has 0 aromatic heterocycles. The van der Waals surface area contributed by atoms with Crippen LogP contribution in [0.25, 0.3) is 0 Å². The molecule has 1 unspecified atom stereocenters. The molecule has 0 aliphatic rings. The van der Waals surface area contributed by atoms with E-state index in [0.29, 0.717) is 5.92 Å². The van der Waals surface area contributed by atoms with Gasteiger partial charge in [-0.3, -0.25) is 0 Å². The Labute approximate surface area is 116 Å². The largest absolute Gasteiger partial charge is 0.312 e. The molecule has 100 valence electrons. The molecule has 0 fully saturated rings. The van der Waals surface area contributed by atoms with Gasteiger partial charge >= 0.3 is 0 Å². The van der Waals surface area contributed by atoms with Crippen LogP contribution in [0.2, 0.25) is 0 Å². The molecule has 0 saturated carbocycles. The first-order valence-corrected chi connectivity index (χ1v) is 6.98. The molecule has 2 rings (SSSR count). The maximum absolute atomic E-state index is 3.55. The predicted molar refractivity (Wildman–Crippen MR) is 82.5 cm³/mol. The standard InChI is InChI=1S/C18H23N/c1-14-9-10-17(11-15(14)2)13-19-12-16(3)18-7-5-4-6-8-18/h4-11,16,19H,12-13H2,1-3H3. The Hall–Kier alpha value is -1.60. The quantitative estimate of drug-likeness (QED) is 0.842. The van der Waals surface area contributed by atoms with Crippen LogP contribution in [-0.4, -0.2) is 6.54 Å². The van der Waals surface area contributed by atoms with Crippen molar-refractivity contribution in [1.29, 1.82) is 0 Å². The Morgan fingerprint density at radius 2 is 1.68 bits per heavy atom. The van der Waals surface area contributed by atoms with Crippen LogP contribution >= 0.6 is 0 Å². The second kappa shape index (κ2) is 6.53. The molecule has 2 aromatic rings. The van der Waals surface area contributed by atoms with Gasteiger partial charge in [0, 0.05) is 13.1 Å². The van der Waals surface area contributed by atoms with Crippen molar-refractivity contribution in [3.63, 3.8) is 0 Å². The molecule has 0 radical (unpaired) electrons. The van der Waals surface area contributed by atoms with Gasteiger partial charge in [-0.2, -0.15) is 0 Å². The van der Waals surface area contributed by atoms with Gasteiger partial charge in [0.15, 0.2) is 0 Å². The van der Waals surface area contributed by atoms with Gasteiger partial charge in [0.2, 0.25) is 0 Å². The molecule has 0 amide bonds. The number of benzene rings is 2. The number of nitrogens with one attached hydrogen (secondary N) is 1. The predicted octanol–water partition coefficient (Wildman–Crippen LogP) is 4.20. The monoisotopic (exact) mass is 253 g/mol. The maximum Gasteiger partial charge on any atom is 0.0205 e. The van der Waals surface area contributed by atoms with Crippen molar-refractivity contribution in [3.8, 4) is 0 Å². The highest BCUT2D eigenvalue weighted by Crippen LogP contribution is 2.14. The molecule has 1 atom stereocenters. The summed E-state index contributed by atoms with van der Waals surface area (Å²) >= 11 is 0. The van der Waals surface area contributed by atoms with E-state index in [1.807, 2.05) is 0 Å². The first-order valence-electron chi connectivity index (χ1n) is 6.98. The number of hydrogen-bond acceptors (Lipinski definition) is 1. The Bertz CT molecular complexity index is 516. The Kier molecular flexibility index (Phi) is 4.75. The van der Waals surface area contributed by atoms with E-state index in [1.165, 1.54) is 22.3 Å². The van der Waals surface area contributed by atoms with Crippen LogP contribution in [-0.2, 0) is 6.54 Å². The van der Waals surface area contributed by atoms with E-state index in [4.69, 9.17) is 0 Å². The van der Waals surface area contributed by atoms with Crippen LogP contribution in [0.3, 0.4) is 0 Å². The zero-order chi connectivity index (χ0) is 13.7. The lowest BCUT2D eigenvalue weighted by atomic mass is 10.0. The van der Waals surface area contributed by atoms with Crippen molar-refractivity contribution in [2.75, 3.05) is 6.54 Å². The van der Waals surface area contributed by atoms with Gasteiger partial charge in [-0.25, -0.2) is 0 Å². The summed E-state index contributed by atoms with van der Waals surface area (Å²) < 4.78 is 0. The van der Waals surface area contributed by atoms with E-state index in [-0.39, 0.29) is 0 Å². The van der Waals surface area contributed by atoms with Crippen LogP contribution in [0.1, 0.15) is 35.1 Å². The van der Waals surface area contributed by atoms with Crippen LogP contribution in [0, 0.1) is 13.8 Å². The van der Waals surface area contributed by atoms with Crippen molar-refractivity contribution in [1.82, 2.24) is 5.32 Å². The van der Waals surface area contributed by atoms with Crippen LogP contribution in [0.4, 0.5) is 0 Å². The minimum Gasteiger partial charge on any atom is -0.312 e. The molecule has 2 aromatic carbocycles. The number of aryl methyl sites for hydroxylation is 2. The van der Waals surface area contributed by atoms with Gasteiger partial charge < -0.3 is 5.32 Å². The molecule has 0 saturated heterocycles. The van der Waals surface area contributed by atoms with Crippen LogP contribution in [0.5, 0.6) is 0 Å². The molecule has 1 nitrogen and oxygen atoms in total. The fourth-order valence-electron chi connectivity index (χ4n) is 2.25. The van der Waals surface area contributed by atoms with Gasteiger partial charge in [0.25, 0.3) is 0 Å². The first-order chi connectivity index (χ1) is 9.16. The summed E-state index contributed by atoms with van der Waals surface area (Å²) in [6.07, 6.45) is 0. The smallest absolute Gasteiger partial charge is 0.0205 e. The summed E-state index contributed by atoms with van der Waals surface area (Å²) in [4.78, 5) is 0. The molecule has 1 N–H and O–H groups in total. The summed E-state index contributed by atoms with van der Waals surface area (Å²) in [6.45, 7) is 8.55. The molecule has 1 heteroatoms. The average molecular weight is 253 g/mol. The minimum atomic E-state index is 0.549. The van der Waals surface area contributed by atoms with Gasteiger partial charge in [0.05, 0.1) is 0 Å². The van der Waals surface area contributed by atoms with Gasteiger partial charge in [-0.05, 0) is 42.0 Å². The second-order valence-electron chi connectivity index (χ2n) is 5.36. The minimum absolute atomic E-state index is 0.549. The van der Waals surface area contributed by atoms with Crippen molar-refractivity contribution in [3.05, 3.63) is 70.8 Å². The summed E-state index contributed by atoms with van der Waals surface area (Å²) in [7, 11) is 0. The fourth-order valence-corrected chi connectivity index (χ4v) is 2.25. The third kappa shape index (κ3) is 3.93. The first kappa shape index (κ1) is 13.8. The van der Waals surface area contributed by atoms with Crippen molar-refractivity contribution < 1.29 is 0 Å². The number of hydrogen-bond donors (Lipinski definition) is 1. The molecular formula is C18H23N. The Balaban J connectivity index is 1.85. The Morgan fingerprint density at radius 1 is 0.947 bits per heavy atom. The molecule has 0 heterocycles. The topological polar surface area (TPSA) is 12.0 Å². The SMILES string of the molecule is Cc1ccc(CNCC(C)c2ccccc2)cc1C. The highest BCUT2D eigenvalue weighted by atomic mass is 14.9. The lowest BCUT2D eigenvalue weighted by molar-refractivity contribution is 0.615. The maximum atomic E-state index is 3.55. The highest BCUT2D eigenvalue weighted by molar-refractivity contribution is 5.29. The van der Waals surface area contributed by atoms with E-state index in [1.54, 1.807) is 0 Å². The summed E-state index contributed by atoms with van der Waals surface area (Å²) in [5.74, 6) is 0.549. The fraction of sp³-hybridized carbons (Fsp3) is 0.333. The molecule has 0 aliphatic carbocycles. The van der Waals surface area contributed by atoms with Crippen LogP contribution < -0.4 is 5.32 Å². The van der Waals surface area contributed by atoms with E-state index in [2.05, 4.69) is 74.6 Å². The molecule has 0 spiro atoms. The van der Waals surface area contributed by atoms with E-state index >= 15 is 0 Å². The molecule has 0 aliphatic heterocycles. The lowest BCUT2D eigenvalue weighted by Crippen LogP contribution is -2.19. The Morgan fingerprint density at radius 3 is 2.37 bits per heavy atom. The van der Waals surface area contributed by atoms with Crippen molar-refractivity contribution in [2.45, 2.75) is 33.2 Å². The van der Waals surface area contributed by atoms with Gasteiger partial charge in [-0.15, -0.1) is 0 Å². The van der Waals surface area contributed by atoms with Gasteiger partial charge in [0.1, 0.15) is 0 Å². The average Bonchev–Trinajstić information content (AvgIpc) is 2.43. The number of rotatable bonds is 5. The summed E-state index contributed by atoms with van der Waals surface area (Å²) in [6, 6.07) is 17.4. The van der Waals surface area contributed by atoms with Crippen molar-refractivity contribution >= 4 is 0 Å². The summed E-state index contributed by atoms with van der Waals surface area (Å²) in [5, 5.41) is 3.55. The normalized spacial score (nSPS) is 12.4. The highest BCUT2D eigenvalue weighted by Gasteiger charge is 2.04. The lowest BCUT2D eigenvalue weighted by Gasteiger charge is -2.13. The summed E-state index contributed by atoms with van der Waals surface area (Å²) in [5.41, 5.74) is 5.50. The van der Waals surface area contributed by atoms with Crippen LogP contribution in [0.15, 0.2) is 48.5 Å². The van der Waals surface area contributed by atoms with E-state index in [0.717, 1.165) is 13.1 Å². The molecule has 0 bridgehead atoms. The third-order valence-corrected chi connectivity index (χ3v) is 3.72. The zero-order valence-corrected chi connectivity index (χ0v) is 12.1. The van der Waals surface area contributed by atoms with E-state index in [9.17, 15) is 0 Å². The third-order valence-electron chi connectivity index (χ3n) is 3.72. The zero-order valence-electron chi connectivity index (χ0n) is 12.1.